The average Bonchev–Trinajstić information content (AvgIpc) is 3.18. The largest absolute Gasteiger partial charge is 0.495 e. The Morgan fingerprint density at radius 1 is 1.12 bits per heavy atom. The summed E-state index contributed by atoms with van der Waals surface area (Å²) >= 11 is 6.14. The molecule has 2 aromatic carbocycles. The number of methoxy groups -OCH3 is 2. The molecule has 0 aliphatic carbocycles. The number of carbonyl (C=O) groups excluding carboxylic acids is 1. The van der Waals surface area contributed by atoms with Crippen molar-refractivity contribution in [1.82, 2.24) is 13.9 Å². The highest BCUT2D eigenvalue weighted by molar-refractivity contribution is 6.31. The second-order valence-corrected chi connectivity index (χ2v) is 9.18. The van der Waals surface area contributed by atoms with E-state index in [-0.39, 0.29) is 40.9 Å². The first-order chi connectivity index (χ1) is 19.1. The van der Waals surface area contributed by atoms with Gasteiger partial charge in [-0.1, -0.05) is 11.6 Å². The Balaban J connectivity index is 1.76. The number of ether oxygens (including phenoxy) is 2. The second kappa shape index (κ2) is 11.5. The first kappa shape index (κ1) is 28.2. The van der Waals surface area contributed by atoms with Crippen molar-refractivity contribution in [1.29, 1.82) is 5.26 Å². The minimum absolute atomic E-state index is 0.0873. The van der Waals surface area contributed by atoms with Crippen molar-refractivity contribution in [2.75, 3.05) is 26.1 Å². The van der Waals surface area contributed by atoms with Gasteiger partial charge >= 0.3 is 6.09 Å². The lowest BCUT2D eigenvalue weighted by Crippen LogP contribution is -2.34. The number of nitrogens with one attached hydrogen (secondary N) is 1. The number of rotatable bonds is 8. The Labute approximate surface area is 232 Å². The predicted octanol–water partition coefficient (Wildman–Crippen LogP) is 3.44. The topological polar surface area (TPSA) is 158 Å². The quantitative estimate of drug-likeness (QED) is 0.329. The summed E-state index contributed by atoms with van der Waals surface area (Å²) in [4.78, 5) is 50.9. The summed E-state index contributed by atoms with van der Waals surface area (Å²) in [7, 11) is 4.17. The zero-order chi connectivity index (χ0) is 29.1. The van der Waals surface area contributed by atoms with Gasteiger partial charge in [-0.05, 0) is 36.4 Å². The van der Waals surface area contributed by atoms with Crippen molar-refractivity contribution in [3.63, 3.8) is 0 Å². The number of hydrogen-bond donors (Lipinski definition) is 2. The number of hydrogen-bond acceptors (Lipinski definition) is 7. The third kappa shape index (κ3) is 5.20. The average molecular weight is 566 g/mol. The molecule has 0 spiro atoms. The maximum Gasteiger partial charge on any atom is 0.431 e. The van der Waals surface area contributed by atoms with Crippen LogP contribution in [0.5, 0.6) is 5.75 Å². The van der Waals surface area contributed by atoms with E-state index in [1.54, 1.807) is 12.1 Å². The Morgan fingerprint density at radius 3 is 2.52 bits per heavy atom. The molecule has 40 heavy (non-hydrogen) atoms. The van der Waals surface area contributed by atoms with Crippen LogP contribution in [0.3, 0.4) is 0 Å². The van der Waals surface area contributed by atoms with Crippen molar-refractivity contribution in [3.8, 4) is 22.9 Å². The van der Waals surface area contributed by atoms with E-state index in [9.17, 15) is 29.5 Å². The molecule has 1 atom stereocenters. The number of fused-ring (bicyclic) bond motifs is 1. The normalized spacial score (nSPS) is 11.7. The lowest BCUT2D eigenvalue weighted by atomic mass is 10.00. The second-order valence-electron chi connectivity index (χ2n) is 8.74. The van der Waals surface area contributed by atoms with Gasteiger partial charge in [-0.25, -0.2) is 9.48 Å². The van der Waals surface area contributed by atoms with Crippen molar-refractivity contribution in [2.24, 2.45) is 7.05 Å². The predicted molar refractivity (Wildman–Crippen MR) is 147 cm³/mol. The van der Waals surface area contributed by atoms with Gasteiger partial charge in [0.15, 0.2) is 0 Å². The maximum atomic E-state index is 13.5. The first-order valence-electron chi connectivity index (χ1n) is 11.9. The van der Waals surface area contributed by atoms with Crippen LogP contribution in [-0.2, 0) is 16.6 Å². The molecule has 1 unspecified atom stereocenters. The molecule has 2 aromatic heterocycles. The zero-order valence-corrected chi connectivity index (χ0v) is 22.4. The monoisotopic (exact) mass is 565 g/mol. The standard InChI is InChI=1S/C27H24ClN5O7/c1-31-26(36)18-7-6-17(11-22(18)33(31)27(37)38)30-25(35)21(8-9-39-2)32-14-23(40-3)20(12-24(32)34)19-10-16(28)5-4-15(19)13-29/h4-7,10-12,14,21H,8-9H2,1-3H3,(H,30,35)(H,37,38). The molecular formula is C27H24ClN5O7. The number of carboxylic acid groups (broad SMARTS) is 1. The van der Waals surface area contributed by atoms with Gasteiger partial charge in [0.05, 0.1) is 35.8 Å². The Morgan fingerprint density at radius 2 is 1.88 bits per heavy atom. The third-order valence-electron chi connectivity index (χ3n) is 6.39. The third-order valence-corrected chi connectivity index (χ3v) is 6.62. The Bertz CT molecular complexity index is 1800. The van der Waals surface area contributed by atoms with Crippen molar-refractivity contribution in [2.45, 2.75) is 12.5 Å². The number of nitriles is 1. The van der Waals surface area contributed by atoms with Crippen LogP contribution in [0.15, 0.2) is 58.3 Å². The minimum Gasteiger partial charge on any atom is -0.495 e. The SMILES string of the molecule is COCCC(C(=O)Nc1ccc2c(=O)n(C)n(C(=O)O)c2c1)n1cc(OC)c(-c2cc(Cl)ccc2C#N)cc1=O. The van der Waals surface area contributed by atoms with Crippen LogP contribution in [0.2, 0.25) is 5.02 Å². The van der Waals surface area contributed by atoms with Crippen molar-refractivity contribution in [3.05, 3.63) is 80.0 Å². The van der Waals surface area contributed by atoms with E-state index in [0.717, 1.165) is 9.36 Å². The van der Waals surface area contributed by atoms with Gasteiger partial charge in [-0.15, -0.1) is 0 Å². The minimum atomic E-state index is -1.37. The highest BCUT2D eigenvalue weighted by Gasteiger charge is 2.25. The summed E-state index contributed by atoms with van der Waals surface area (Å²) < 4.78 is 13.6. The summed E-state index contributed by atoms with van der Waals surface area (Å²) in [5.41, 5.74) is 0.258. The molecule has 0 aliphatic rings. The van der Waals surface area contributed by atoms with Gasteiger partial charge in [-0.3, -0.25) is 19.0 Å². The highest BCUT2D eigenvalue weighted by atomic mass is 35.5. The first-order valence-corrected chi connectivity index (χ1v) is 12.2. The van der Waals surface area contributed by atoms with Crippen LogP contribution >= 0.6 is 11.6 Å². The van der Waals surface area contributed by atoms with Gasteiger partial charge in [0.1, 0.15) is 11.8 Å². The fraction of sp³-hybridized carbons (Fsp3) is 0.222. The van der Waals surface area contributed by atoms with E-state index >= 15 is 0 Å². The van der Waals surface area contributed by atoms with Crippen LogP contribution in [-0.4, -0.2) is 51.9 Å². The van der Waals surface area contributed by atoms with E-state index in [4.69, 9.17) is 21.1 Å². The zero-order valence-electron chi connectivity index (χ0n) is 21.7. The lowest BCUT2D eigenvalue weighted by molar-refractivity contribution is -0.119. The highest BCUT2D eigenvalue weighted by Crippen LogP contribution is 2.33. The summed E-state index contributed by atoms with van der Waals surface area (Å²) in [6, 6.07) is 11.2. The molecule has 4 rings (SSSR count). The number of aromatic nitrogens is 3. The Hall–Kier alpha value is -4.86. The van der Waals surface area contributed by atoms with Gasteiger partial charge in [-0.2, -0.15) is 9.94 Å². The fourth-order valence-corrected chi connectivity index (χ4v) is 4.63. The van der Waals surface area contributed by atoms with Crippen LogP contribution < -0.4 is 21.2 Å². The molecule has 206 valence electrons. The van der Waals surface area contributed by atoms with Crippen LogP contribution in [0, 0.1) is 11.3 Å². The van der Waals surface area contributed by atoms with Crippen molar-refractivity contribution >= 4 is 40.2 Å². The Kier molecular flexibility index (Phi) is 8.08. The molecule has 1 amide bonds. The van der Waals surface area contributed by atoms with E-state index in [1.807, 2.05) is 0 Å². The number of nitrogens with zero attached hydrogens (tertiary/aromatic N) is 4. The lowest BCUT2D eigenvalue weighted by Gasteiger charge is -2.21. The number of halogens is 1. The molecule has 0 radical (unpaired) electrons. The molecule has 13 heteroatoms. The van der Waals surface area contributed by atoms with Crippen molar-refractivity contribution < 1.29 is 24.2 Å². The van der Waals surface area contributed by atoms with Gasteiger partial charge in [0.25, 0.3) is 11.1 Å². The molecule has 0 aliphatic heterocycles. The van der Waals surface area contributed by atoms with Crippen LogP contribution in [0.1, 0.15) is 18.0 Å². The number of benzene rings is 2. The molecule has 0 saturated heterocycles. The fourth-order valence-electron chi connectivity index (χ4n) is 4.46. The molecule has 2 heterocycles. The number of carbonyl (C=O) groups is 2. The van der Waals surface area contributed by atoms with E-state index < -0.39 is 29.2 Å². The van der Waals surface area contributed by atoms with Gasteiger partial charge in [0, 0.05) is 55.1 Å². The maximum absolute atomic E-state index is 13.5. The van der Waals surface area contributed by atoms with E-state index in [2.05, 4.69) is 11.4 Å². The van der Waals surface area contributed by atoms with Gasteiger partial charge < -0.3 is 19.9 Å². The molecule has 0 fully saturated rings. The molecule has 0 bridgehead atoms. The van der Waals surface area contributed by atoms with Crippen LogP contribution in [0.4, 0.5) is 10.5 Å². The van der Waals surface area contributed by atoms with E-state index in [0.29, 0.717) is 16.1 Å². The molecule has 2 N–H and O–H groups in total. The van der Waals surface area contributed by atoms with E-state index in [1.165, 1.54) is 62.4 Å². The summed E-state index contributed by atoms with van der Waals surface area (Å²) in [5.74, 6) is -0.362. The smallest absolute Gasteiger partial charge is 0.431 e. The summed E-state index contributed by atoms with van der Waals surface area (Å²) in [5, 5.41) is 22.3. The number of amides is 1. The number of anilines is 1. The summed E-state index contributed by atoms with van der Waals surface area (Å²) in [6.45, 7) is 0.137. The molecule has 4 aromatic rings. The van der Waals surface area contributed by atoms with Gasteiger partial charge in [0.2, 0.25) is 5.91 Å². The molecular weight excluding hydrogens is 542 g/mol. The number of pyridine rings is 1. The molecule has 0 saturated carbocycles. The molecule has 12 nitrogen and oxygen atoms in total. The van der Waals surface area contributed by atoms with Crippen LogP contribution in [0.25, 0.3) is 22.0 Å². The summed E-state index contributed by atoms with van der Waals surface area (Å²) in [6.07, 6.45) is 0.120.